The molecule has 3 aromatic rings. The third-order valence-electron chi connectivity index (χ3n) is 4.47. The number of nitrogens with zero attached hydrogens (tertiary/aromatic N) is 2. The summed E-state index contributed by atoms with van der Waals surface area (Å²) in [5, 5.41) is 3.11. The number of nitrogens with one attached hydrogen (secondary N) is 1. The number of benzene rings is 2. The van der Waals surface area contributed by atoms with E-state index in [2.05, 4.69) is 10.3 Å². The Hall–Kier alpha value is -3.14. The number of fused-ring (bicyclic) bond motifs is 2. The largest absolute Gasteiger partial charge is 0.492 e. The van der Waals surface area contributed by atoms with E-state index in [1.54, 1.807) is 24.3 Å². The lowest BCUT2D eigenvalue weighted by Gasteiger charge is -2.18. The molecule has 0 bridgehead atoms. The van der Waals surface area contributed by atoms with Crippen molar-refractivity contribution in [2.45, 2.75) is 12.7 Å². The number of hydrogen-bond donors (Lipinski definition) is 1. The molecule has 1 amide bonds. The zero-order valence-electron chi connectivity index (χ0n) is 16.0. The fourth-order valence-corrected chi connectivity index (χ4v) is 3.25. The van der Waals surface area contributed by atoms with Crippen molar-refractivity contribution in [3.05, 3.63) is 47.2 Å². The lowest BCUT2D eigenvalue weighted by Crippen LogP contribution is -2.32. The zero-order chi connectivity index (χ0) is 22.0. The van der Waals surface area contributed by atoms with Crippen molar-refractivity contribution >= 4 is 28.5 Å². The Bertz CT molecular complexity index is 1100. The first-order valence-corrected chi connectivity index (χ1v) is 9.71. The second-order valence-electron chi connectivity index (χ2n) is 6.66. The van der Waals surface area contributed by atoms with Crippen molar-refractivity contribution in [2.75, 3.05) is 26.4 Å². The van der Waals surface area contributed by atoms with Crippen molar-refractivity contribution < 1.29 is 32.2 Å². The Kier molecular flexibility index (Phi) is 5.81. The van der Waals surface area contributed by atoms with Gasteiger partial charge in [0.25, 0.3) is 0 Å². The molecule has 164 valence electrons. The van der Waals surface area contributed by atoms with Gasteiger partial charge in [0.1, 0.15) is 32.1 Å². The number of carbonyl (C=O) groups is 1. The van der Waals surface area contributed by atoms with Gasteiger partial charge in [0.15, 0.2) is 11.5 Å². The molecule has 0 atom stereocenters. The van der Waals surface area contributed by atoms with E-state index in [-0.39, 0.29) is 30.8 Å². The summed E-state index contributed by atoms with van der Waals surface area (Å²) < 4.78 is 57.7. The molecule has 0 spiro atoms. The van der Waals surface area contributed by atoms with Crippen LogP contribution in [-0.2, 0) is 17.5 Å². The molecule has 0 fully saturated rings. The van der Waals surface area contributed by atoms with Gasteiger partial charge in [-0.25, -0.2) is 4.98 Å². The number of ether oxygens (including phenoxy) is 3. The minimum Gasteiger partial charge on any atom is -0.492 e. The van der Waals surface area contributed by atoms with Gasteiger partial charge in [0.05, 0.1) is 17.6 Å². The highest BCUT2D eigenvalue weighted by Gasteiger charge is 2.38. The molecule has 1 aromatic heterocycles. The molecule has 0 radical (unpaired) electrons. The van der Waals surface area contributed by atoms with Crippen LogP contribution in [0.15, 0.2) is 36.4 Å². The number of rotatable bonds is 6. The molecule has 11 heteroatoms. The normalized spacial score (nSPS) is 13.3. The maximum absolute atomic E-state index is 13.5. The second kappa shape index (κ2) is 8.54. The average molecular weight is 456 g/mol. The summed E-state index contributed by atoms with van der Waals surface area (Å²) >= 11 is 5.79. The van der Waals surface area contributed by atoms with Crippen LogP contribution in [0.5, 0.6) is 17.2 Å². The van der Waals surface area contributed by atoms with E-state index in [4.69, 9.17) is 25.8 Å². The first-order valence-electron chi connectivity index (χ1n) is 9.33. The van der Waals surface area contributed by atoms with Gasteiger partial charge >= 0.3 is 6.18 Å². The Balaban J connectivity index is 1.47. The van der Waals surface area contributed by atoms with E-state index in [1.807, 2.05) is 0 Å². The van der Waals surface area contributed by atoms with Crippen molar-refractivity contribution in [2.24, 2.45) is 0 Å². The SMILES string of the molecule is O=C(Cn1c(C(F)(F)F)nc2cc3c(cc21)OCCO3)NCCOc1ccc(Cl)cc1. The molecule has 1 aliphatic rings. The van der Waals surface area contributed by atoms with Crippen molar-refractivity contribution in [3.63, 3.8) is 0 Å². The summed E-state index contributed by atoms with van der Waals surface area (Å²) in [6, 6.07) is 9.45. The second-order valence-corrected chi connectivity index (χ2v) is 7.09. The van der Waals surface area contributed by atoms with Crippen LogP contribution in [0.4, 0.5) is 13.2 Å². The lowest BCUT2D eigenvalue weighted by molar-refractivity contribution is -0.147. The molecule has 2 heterocycles. The van der Waals surface area contributed by atoms with E-state index in [0.29, 0.717) is 28.9 Å². The van der Waals surface area contributed by atoms with Crippen LogP contribution < -0.4 is 19.5 Å². The van der Waals surface area contributed by atoms with Gasteiger partial charge in [-0.15, -0.1) is 0 Å². The molecule has 31 heavy (non-hydrogen) atoms. The fraction of sp³-hybridized carbons (Fsp3) is 0.300. The average Bonchev–Trinajstić information content (AvgIpc) is 3.08. The van der Waals surface area contributed by atoms with E-state index in [1.165, 1.54) is 12.1 Å². The van der Waals surface area contributed by atoms with Crippen LogP contribution in [0.1, 0.15) is 5.82 Å². The first-order chi connectivity index (χ1) is 14.8. The molecular weight excluding hydrogens is 439 g/mol. The Labute approximate surface area is 179 Å². The molecule has 0 aliphatic carbocycles. The third kappa shape index (κ3) is 4.79. The highest BCUT2D eigenvalue weighted by Crippen LogP contribution is 2.37. The highest BCUT2D eigenvalue weighted by atomic mass is 35.5. The number of imidazole rings is 1. The van der Waals surface area contributed by atoms with Crippen LogP contribution in [-0.4, -0.2) is 41.8 Å². The van der Waals surface area contributed by atoms with E-state index >= 15 is 0 Å². The van der Waals surface area contributed by atoms with Crippen LogP contribution >= 0.6 is 11.6 Å². The number of halogens is 4. The van der Waals surface area contributed by atoms with Gasteiger partial charge in [0, 0.05) is 17.2 Å². The third-order valence-corrected chi connectivity index (χ3v) is 4.73. The van der Waals surface area contributed by atoms with Crippen molar-refractivity contribution in [1.82, 2.24) is 14.9 Å². The first kappa shape index (κ1) is 21.1. The smallest absolute Gasteiger partial charge is 0.449 e. The molecule has 1 N–H and O–H groups in total. The molecular formula is C20H17ClF3N3O4. The topological polar surface area (TPSA) is 74.6 Å². The molecule has 1 aliphatic heterocycles. The molecule has 0 saturated heterocycles. The minimum atomic E-state index is -4.74. The van der Waals surface area contributed by atoms with Crippen LogP contribution in [0.2, 0.25) is 5.02 Å². The maximum atomic E-state index is 13.5. The summed E-state index contributed by atoms with van der Waals surface area (Å²) in [5.74, 6) is -0.589. The fourth-order valence-electron chi connectivity index (χ4n) is 3.13. The monoisotopic (exact) mass is 455 g/mol. The zero-order valence-corrected chi connectivity index (χ0v) is 16.8. The number of amides is 1. The van der Waals surface area contributed by atoms with E-state index < -0.39 is 24.5 Å². The molecule has 0 saturated carbocycles. The van der Waals surface area contributed by atoms with Crippen LogP contribution in [0.25, 0.3) is 11.0 Å². The summed E-state index contributed by atoms with van der Waals surface area (Å²) in [4.78, 5) is 16.0. The molecule has 2 aromatic carbocycles. The van der Waals surface area contributed by atoms with Gasteiger partial charge in [-0.1, -0.05) is 11.6 Å². The maximum Gasteiger partial charge on any atom is 0.449 e. The molecule has 4 rings (SSSR count). The minimum absolute atomic E-state index is 0.0652. The number of hydrogen-bond acceptors (Lipinski definition) is 5. The van der Waals surface area contributed by atoms with Gasteiger partial charge < -0.3 is 24.1 Å². The Morgan fingerprint density at radius 2 is 1.84 bits per heavy atom. The highest BCUT2D eigenvalue weighted by molar-refractivity contribution is 6.30. The van der Waals surface area contributed by atoms with Crippen molar-refractivity contribution in [3.8, 4) is 17.2 Å². The molecule has 0 unspecified atom stereocenters. The van der Waals surface area contributed by atoms with Gasteiger partial charge in [-0.05, 0) is 24.3 Å². The number of aromatic nitrogens is 2. The Morgan fingerprint density at radius 3 is 2.52 bits per heavy atom. The lowest BCUT2D eigenvalue weighted by atomic mass is 10.2. The van der Waals surface area contributed by atoms with Gasteiger partial charge in [0.2, 0.25) is 11.7 Å². The Morgan fingerprint density at radius 1 is 1.16 bits per heavy atom. The summed E-state index contributed by atoms with van der Waals surface area (Å²) in [5.41, 5.74) is 0.194. The van der Waals surface area contributed by atoms with Gasteiger partial charge in [-0.3, -0.25) is 4.79 Å². The standard InChI is InChI=1S/C20H17ClF3N3O4/c21-12-1-3-13(4-2-12)29-6-5-25-18(28)11-27-15-10-17-16(30-7-8-31-17)9-14(15)26-19(27)20(22,23)24/h1-4,9-10H,5-8,11H2,(H,25,28). The summed E-state index contributed by atoms with van der Waals surface area (Å²) in [7, 11) is 0. The van der Waals surface area contributed by atoms with E-state index in [0.717, 1.165) is 4.57 Å². The van der Waals surface area contributed by atoms with Gasteiger partial charge in [-0.2, -0.15) is 13.2 Å². The predicted molar refractivity (Wildman–Crippen MR) is 106 cm³/mol. The van der Waals surface area contributed by atoms with Crippen LogP contribution in [0, 0.1) is 0 Å². The quantitative estimate of drug-likeness (QED) is 0.574. The summed E-state index contributed by atoms with van der Waals surface area (Å²) in [6.45, 7) is 0.273. The number of carbonyl (C=O) groups excluding carboxylic acids is 1. The van der Waals surface area contributed by atoms with E-state index in [9.17, 15) is 18.0 Å². The number of alkyl halides is 3. The molecule has 7 nitrogen and oxygen atoms in total. The predicted octanol–water partition coefficient (Wildman–Crippen LogP) is 3.67. The van der Waals surface area contributed by atoms with Crippen LogP contribution in [0.3, 0.4) is 0 Å². The van der Waals surface area contributed by atoms with Crippen molar-refractivity contribution in [1.29, 1.82) is 0 Å². The summed E-state index contributed by atoms with van der Waals surface area (Å²) in [6.07, 6.45) is -4.74.